The summed E-state index contributed by atoms with van der Waals surface area (Å²) in [5.41, 5.74) is 0.0864. The lowest BCUT2D eigenvalue weighted by atomic mass is 10.0. The Morgan fingerprint density at radius 1 is 1.35 bits per heavy atom. The number of benzene rings is 1. The van der Waals surface area contributed by atoms with Gasteiger partial charge in [0.25, 0.3) is 0 Å². The summed E-state index contributed by atoms with van der Waals surface area (Å²) in [6, 6.07) is 2.55. The molecule has 1 aliphatic rings. The molecule has 112 valence electrons. The van der Waals surface area contributed by atoms with Crippen molar-refractivity contribution in [1.82, 2.24) is 5.32 Å². The quantitative estimate of drug-likeness (QED) is 0.801. The third-order valence-corrected chi connectivity index (χ3v) is 3.86. The van der Waals surface area contributed by atoms with E-state index in [0.717, 1.165) is 0 Å². The highest BCUT2D eigenvalue weighted by Crippen LogP contribution is 2.24. The first-order valence-electron chi connectivity index (χ1n) is 6.70. The lowest BCUT2D eigenvalue weighted by molar-refractivity contribution is -0.0526. The lowest BCUT2D eigenvalue weighted by Crippen LogP contribution is -2.35. The summed E-state index contributed by atoms with van der Waals surface area (Å²) >= 11 is 3.09. The van der Waals surface area contributed by atoms with E-state index >= 15 is 0 Å². The summed E-state index contributed by atoms with van der Waals surface area (Å²) in [5, 5.41) is 3.22. The molecular formula is C14H18BrF2NO2. The molecule has 1 atom stereocenters. The third-order valence-electron chi connectivity index (χ3n) is 3.25. The van der Waals surface area contributed by atoms with Crippen molar-refractivity contribution in [1.29, 1.82) is 0 Å². The highest BCUT2D eigenvalue weighted by molar-refractivity contribution is 9.10. The second-order valence-corrected chi connectivity index (χ2v) is 5.54. The average molecular weight is 350 g/mol. The molecule has 0 bridgehead atoms. The Kier molecular flexibility index (Phi) is 5.89. The Labute approximate surface area is 125 Å². The maximum absolute atomic E-state index is 14.0. The summed E-state index contributed by atoms with van der Waals surface area (Å²) in [7, 11) is 0. The summed E-state index contributed by atoms with van der Waals surface area (Å²) in [6.07, 6.45) is 0.533. The van der Waals surface area contributed by atoms with Crippen molar-refractivity contribution < 1.29 is 18.3 Å². The van der Waals surface area contributed by atoms with Gasteiger partial charge < -0.3 is 14.8 Å². The molecule has 0 spiro atoms. The van der Waals surface area contributed by atoms with Crippen molar-refractivity contribution in [2.24, 2.45) is 0 Å². The lowest BCUT2D eigenvalue weighted by Gasteiger charge is -2.21. The fraction of sp³-hybridized carbons (Fsp3) is 0.571. The molecule has 1 aromatic rings. The van der Waals surface area contributed by atoms with Gasteiger partial charge in [-0.25, -0.2) is 8.78 Å². The first-order chi connectivity index (χ1) is 9.61. The van der Waals surface area contributed by atoms with E-state index in [4.69, 9.17) is 9.47 Å². The number of likely N-dealkylation sites (N-methyl/N-ethyl adjacent to an activating group) is 1. The van der Waals surface area contributed by atoms with Crippen LogP contribution in [0.2, 0.25) is 0 Å². The standard InChI is InChI=1S/C14H18BrF2NO2/c1-2-18-9(8-13-19-5-6-20-13)7-10-12(16)4-3-11(15)14(10)17/h3-4,9,13,18H,2,5-8H2,1H3. The first-order valence-corrected chi connectivity index (χ1v) is 7.50. The molecule has 0 aromatic heterocycles. The second-order valence-electron chi connectivity index (χ2n) is 4.69. The van der Waals surface area contributed by atoms with E-state index in [2.05, 4.69) is 21.2 Å². The molecule has 1 N–H and O–H groups in total. The van der Waals surface area contributed by atoms with Crippen molar-refractivity contribution in [3.63, 3.8) is 0 Å². The molecule has 0 aliphatic carbocycles. The van der Waals surface area contributed by atoms with E-state index in [0.29, 0.717) is 26.2 Å². The number of nitrogens with one attached hydrogen (secondary N) is 1. The molecule has 2 rings (SSSR count). The monoisotopic (exact) mass is 349 g/mol. The van der Waals surface area contributed by atoms with Crippen LogP contribution in [0.15, 0.2) is 16.6 Å². The van der Waals surface area contributed by atoms with E-state index in [1.54, 1.807) is 0 Å². The summed E-state index contributed by atoms with van der Waals surface area (Å²) < 4.78 is 38.9. The molecule has 6 heteroatoms. The fourth-order valence-electron chi connectivity index (χ4n) is 2.31. The van der Waals surface area contributed by atoms with Gasteiger partial charge in [-0.2, -0.15) is 0 Å². The summed E-state index contributed by atoms with van der Waals surface area (Å²) in [6.45, 7) is 3.82. The molecule has 0 radical (unpaired) electrons. The normalized spacial score (nSPS) is 17.6. The molecule has 1 fully saturated rings. The van der Waals surface area contributed by atoms with Crippen LogP contribution in [-0.4, -0.2) is 32.1 Å². The van der Waals surface area contributed by atoms with Crippen LogP contribution in [0.25, 0.3) is 0 Å². The summed E-state index contributed by atoms with van der Waals surface area (Å²) in [5.74, 6) is -1.07. The molecule has 1 unspecified atom stereocenters. The van der Waals surface area contributed by atoms with Crippen LogP contribution in [0.4, 0.5) is 8.78 Å². The van der Waals surface area contributed by atoms with E-state index < -0.39 is 11.6 Å². The zero-order valence-corrected chi connectivity index (χ0v) is 12.9. The number of ether oxygens (including phenoxy) is 2. The van der Waals surface area contributed by atoms with Crippen molar-refractivity contribution in [3.8, 4) is 0 Å². The molecule has 3 nitrogen and oxygen atoms in total. The minimum Gasteiger partial charge on any atom is -0.350 e. The Morgan fingerprint density at radius 3 is 2.70 bits per heavy atom. The summed E-state index contributed by atoms with van der Waals surface area (Å²) in [4.78, 5) is 0. The third kappa shape index (κ3) is 3.97. The SMILES string of the molecule is CCNC(Cc1c(F)ccc(Br)c1F)CC1OCCO1. The molecule has 0 saturated carbocycles. The van der Waals surface area contributed by atoms with Crippen LogP contribution in [0, 0.1) is 11.6 Å². The minimum absolute atomic E-state index is 0.0864. The Bertz CT molecular complexity index is 453. The van der Waals surface area contributed by atoms with Crippen LogP contribution >= 0.6 is 15.9 Å². The Hall–Kier alpha value is -0.560. The van der Waals surface area contributed by atoms with Gasteiger partial charge in [0, 0.05) is 18.0 Å². The molecule has 1 aliphatic heterocycles. The Morgan fingerprint density at radius 2 is 2.05 bits per heavy atom. The van der Waals surface area contributed by atoms with E-state index in [1.165, 1.54) is 12.1 Å². The van der Waals surface area contributed by atoms with Crippen LogP contribution in [0.5, 0.6) is 0 Å². The van der Waals surface area contributed by atoms with Gasteiger partial charge in [0.2, 0.25) is 0 Å². The fourth-order valence-corrected chi connectivity index (χ4v) is 2.68. The van der Waals surface area contributed by atoms with Gasteiger partial charge in [-0.3, -0.25) is 0 Å². The molecule has 0 amide bonds. The van der Waals surface area contributed by atoms with Gasteiger partial charge in [0.15, 0.2) is 6.29 Å². The maximum Gasteiger partial charge on any atom is 0.159 e. The van der Waals surface area contributed by atoms with Crippen molar-refractivity contribution in [2.75, 3.05) is 19.8 Å². The minimum atomic E-state index is -0.541. The highest BCUT2D eigenvalue weighted by atomic mass is 79.9. The predicted molar refractivity (Wildman–Crippen MR) is 75.5 cm³/mol. The van der Waals surface area contributed by atoms with Gasteiger partial charge in [0.1, 0.15) is 11.6 Å². The zero-order valence-electron chi connectivity index (χ0n) is 11.3. The predicted octanol–water partition coefficient (Wildman–Crippen LogP) is 3.01. The van der Waals surface area contributed by atoms with Crippen LogP contribution in [-0.2, 0) is 15.9 Å². The van der Waals surface area contributed by atoms with Gasteiger partial charge in [-0.15, -0.1) is 0 Å². The zero-order chi connectivity index (χ0) is 14.5. The van der Waals surface area contributed by atoms with Crippen LogP contribution in [0.3, 0.4) is 0 Å². The van der Waals surface area contributed by atoms with Gasteiger partial charge in [-0.1, -0.05) is 6.92 Å². The van der Waals surface area contributed by atoms with Crippen molar-refractivity contribution in [3.05, 3.63) is 33.8 Å². The van der Waals surface area contributed by atoms with E-state index in [-0.39, 0.29) is 28.8 Å². The molecule has 1 heterocycles. The van der Waals surface area contributed by atoms with Gasteiger partial charge in [-0.05, 0) is 41.0 Å². The van der Waals surface area contributed by atoms with E-state index in [1.807, 2.05) is 6.92 Å². The van der Waals surface area contributed by atoms with Crippen LogP contribution in [0.1, 0.15) is 18.9 Å². The average Bonchev–Trinajstić information content (AvgIpc) is 2.92. The maximum atomic E-state index is 14.0. The highest BCUT2D eigenvalue weighted by Gasteiger charge is 2.23. The number of rotatable bonds is 6. The number of hydrogen-bond donors (Lipinski definition) is 1. The number of hydrogen-bond acceptors (Lipinski definition) is 3. The number of halogens is 3. The van der Waals surface area contributed by atoms with E-state index in [9.17, 15) is 8.78 Å². The van der Waals surface area contributed by atoms with Gasteiger partial charge in [0.05, 0.1) is 17.7 Å². The second kappa shape index (κ2) is 7.45. The topological polar surface area (TPSA) is 30.5 Å². The van der Waals surface area contributed by atoms with Crippen molar-refractivity contribution >= 4 is 15.9 Å². The van der Waals surface area contributed by atoms with Crippen LogP contribution < -0.4 is 5.32 Å². The molecule has 20 heavy (non-hydrogen) atoms. The van der Waals surface area contributed by atoms with Crippen molar-refractivity contribution in [2.45, 2.75) is 32.1 Å². The smallest absolute Gasteiger partial charge is 0.159 e. The molecule has 1 saturated heterocycles. The largest absolute Gasteiger partial charge is 0.350 e. The van der Waals surface area contributed by atoms with Gasteiger partial charge >= 0.3 is 0 Å². The molecule has 1 aromatic carbocycles. The molecular weight excluding hydrogens is 332 g/mol. The Balaban J connectivity index is 2.08. The first kappa shape index (κ1) is 15.8.